The first-order valence-electron chi connectivity index (χ1n) is 7.68. The SMILES string of the molecule is C=C/C=C(\C=C/C)c1ccc(-c2ccc(OC(=O)C=C)cc2)cc1. The zero-order chi connectivity index (χ0) is 17.4. The zero-order valence-corrected chi connectivity index (χ0v) is 13.7. The van der Waals surface area contributed by atoms with Crippen molar-refractivity contribution in [1.29, 1.82) is 0 Å². The fourth-order valence-electron chi connectivity index (χ4n) is 2.28. The summed E-state index contributed by atoms with van der Waals surface area (Å²) < 4.78 is 5.08. The van der Waals surface area contributed by atoms with Crippen LogP contribution >= 0.6 is 0 Å². The third kappa shape index (κ3) is 4.43. The number of esters is 1. The molecule has 0 aliphatic rings. The normalized spacial score (nSPS) is 11.3. The zero-order valence-electron chi connectivity index (χ0n) is 13.7. The molecule has 0 unspecified atom stereocenters. The van der Waals surface area contributed by atoms with Crippen LogP contribution in [0.4, 0.5) is 0 Å². The average Bonchev–Trinajstić information content (AvgIpc) is 2.62. The molecule has 2 rings (SSSR count). The Morgan fingerprint density at radius 3 is 2.04 bits per heavy atom. The largest absolute Gasteiger partial charge is 0.423 e. The second kappa shape index (κ2) is 8.49. The molecule has 0 spiro atoms. The lowest BCUT2D eigenvalue weighted by atomic mass is 10.00. The number of benzene rings is 2. The molecule has 0 fully saturated rings. The van der Waals surface area contributed by atoms with Crippen LogP contribution in [0.1, 0.15) is 12.5 Å². The van der Waals surface area contributed by atoms with Gasteiger partial charge in [-0.25, -0.2) is 4.79 Å². The number of carbonyl (C=O) groups is 1. The summed E-state index contributed by atoms with van der Waals surface area (Å²) in [6, 6.07) is 15.7. The minimum atomic E-state index is -0.461. The molecule has 0 bridgehead atoms. The Bertz CT molecular complexity index is 776. The molecule has 2 aromatic carbocycles. The van der Waals surface area contributed by atoms with Gasteiger partial charge in [0.1, 0.15) is 5.75 Å². The number of rotatable bonds is 6. The van der Waals surface area contributed by atoms with Crippen molar-refractivity contribution in [3.8, 4) is 16.9 Å². The first-order chi connectivity index (χ1) is 11.7. The number of hydrogen-bond acceptors (Lipinski definition) is 2. The van der Waals surface area contributed by atoms with Crippen LogP contribution in [0.5, 0.6) is 5.75 Å². The van der Waals surface area contributed by atoms with Crippen molar-refractivity contribution >= 4 is 11.5 Å². The highest BCUT2D eigenvalue weighted by Crippen LogP contribution is 2.25. The van der Waals surface area contributed by atoms with Crippen LogP contribution in [0, 0.1) is 0 Å². The van der Waals surface area contributed by atoms with Gasteiger partial charge in [-0.3, -0.25) is 0 Å². The van der Waals surface area contributed by atoms with Gasteiger partial charge in [0, 0.05) is 6.08 Å². The molecule has 2 nitrogen and oxygen atoms in total. The van der Waals surface area contributed by atoms with Crippen LogP contribution in [0.3, 0.4) is 0 Å². The Balaban J connectivity index is 2.21. The van der Waals surface area contributed by atoms with E-state index in [1.54, 1.807) is 18.2 Å². The Morgan fingerprint density at radius 2 is 1.54 bits per heavy atom. The van der Waals surface area contributed by atoms with Crippen molar-refractivity contribution in [1.82, 2.24) is 0 Å². The topological polar surface area (TPSA) is 26.3 Å². The molecule has 0 saturated carbocycles. The summed E-state index contributed by atoms with van der Waals surface area (Å²) in [5.74, 6) is 0.0437. The summed E-state index contributed by atoms with van der Waals surface area (Å²) >= 11 is 0. The van der Waals surface area contributed by atoms with E-state index in [1.807, 2.05) is 31.2 Å². The lowest BCUT2D eigenvalue weighted by Gasteiger charge is -2.07. The Morgan fingerprint density at radius 1 is 0.958 bits per heavy atom. The van der Waals surface area contributed by atoms with E-state index in [1.165, 1.54) is 0 Å². The van der Waals surface area contributed by atoms with Gasteiger partial charge in [0.15, 0.2) is 0 Å². The molecule has 0 aromatic heterocycles. The molecule has 0 aliphatic carbocycles. The molecule has 0 radical (unpaired) electrons. The van der Waals surface area contributed by atoms with Gasteiger partial charge < -0.3 is 4.74 Å². The minimum Gasteiger partial charge on any atom is -0.423 e. The van der Waals surface area contributed by atoms with Gasteiger partial charge >= 0.3 is 5.97 Å². The van der Waals surface area contributed by atoms with Crippen molar-refractivity contribution in [3.63, 3.8) is 0 Å². The van der Waals surface area contributed by atoms with E-state index in [9.17, 15) is 4.79 Å². The van der Waals surface area contributed by atoms with Crippen molar-refractivity contribution in [3.05, 3.63) is 97.6 Å². The summed E-state index contributed by atoms with van der Waals surface area (Å²) in [4.78, 5) is 11.2. The first kappa shape index (κ1) is 17.2. The van der Waals surface area contributed by atoms with Gasteiger partial charge in [-0.2, -0.15) is 0 Å². The molecule has 0 atom stereocenters. The van der Waals surface area contributed by atoms with E-state index in [2.05, 4.69) is 43.5 Å². The Labute approximate surface area is 143 Å². The molecular weight excluding hydrogens is 296 g/mol. The lowest BCUT2D eigenvalue weighted by molar-refractivity contribution is -0.128. The van der Waals surface area contributed by atoms with E-state index < -0.39 is 5.97 Å². The van der Waals surface area contributed by atoms with E-state index in [4.69, 9.17) is 4.74 Å². The van der Waals surface area contributed by atoms with Gasteiger partial charge in [-0.15, -0.1) is 0 Å². The van der Waals surface area contributed by atoms with Crippen LogP contribution < -0.4 is 4.74 Å². The van der Waals surface area contributed by atoms with Crippen molar-refractivity contribution in [2.45, 2.75) is 6.92 Å². The second-order valence-electron chi connectivity index (χ2n) is 5.08. The van der Waals surface area contributed by atoms with Crippen molar-refractivity contribution in [2.24, 2.45) is 0 Å². The highest BCUT2D eigenvalue weighted by Gasteiger charge is 2.03. The fraction of sp³-hybridized carbons (Fsp3) is 0.0455. The summed E-state index contributed by atoms with van der Waals surface area (Å²) in [5.41, 5.74) is 4.40. The quantitative estimate of drug-likeness (QED) is 0.300. The van der Waals surface area contributed by atoms with Gasteiger partial charge in [0.25, 0.3) is 0 Å². The average molecular weight is 316 g/mol. The standard InChI is InChI=1S/C22H20O2/c1-4-7-17(8-5-2)18-9-11-19(12-10-18)20-13-15-21(16-14-20)24-22(23)6-3/h4-16H,1,3H2,2H3/b8-5-,17-7+. The van der Waals surface area contributed by atoms with E-state index >= 15 is 0 Å². The van der Waals surface area contributed by atoms with Crippen LogP contribution in [-0.4, -0.2) is 5.97 Å². The first-order valence-corrected chi connectivity index (χ1v) is 7.68. The van der Waals surface area contributed by atoms with E-state index in [-0.39, 0.29) is 0 Å². The molecule has 2 heteroatoms. The third-order valence-electron chi connectivity index (χ3n) is 3.43. The molecule has 0 amide bonds. The van der Waals surface area contributed by atoms with E-state index in [0.717, 1.165) is 28.3 Å². The van der Waals surface area contributed by atoms with Crippen LogP contribution in [0.2, 0.25) is 0 Å². The molecule has 120 valence electrons. The monoisotopic (exact) mass is 316 g/mol. The number of ether oxygens (including phenoxy) is 1. The summed E-state index contributed by atoms with van der Waals surface area (Å²) in [6.07, 6.45) is 8.97. The number of carbonyl (C=O) groups excluding carboxylic acids is 1. The van der Waals surface area contributed by atoms with Crippen LogP contribution in [-0.2, 0) is 4.79 Å². The maximum absolute atomic E-state index is 11.2. The highest BCUT2D eigenvalue weighted by atomic mass is 16.5. The van der Waals surface area contributed by atoms with Crippen molar-refractivity contribution < 1.29 is 9.53 Å². The van der Waals surface area contributed by atoms with Crippen molar-refractivity contribution in [2.75, 3.05) is 0 Å². The third-order valence-corrected chi connectivity index (χ3v) is 3.43. The Kier molecular flexibility index (Phi) is 6.09. The van der Waals surface area contributed by atoms with Crippen LogP contribution in [0.25, 0.3) is 16.7 Å². The lowest BCUT2D eigenvalue weighted by Crippen LogP contribution is -2.02. The molecular formula is C22H20O2. The summed E-state index contributed by atoms with van der Waals surface area (Å²) in [7, 11) is 0. The molecule has 0 saturated heterocycles. The Hall–Kier alpha value is -3.13. The predicted molar refractivity (Wildman–Crippen MR) is 101 cm³/mol. The molecule has 2 aromatic rings. The van der Waals surface area contributed by atoms with Gasteiger partial charge in [0.2, 0.25) is 0 Å². The number of allylic oxidation sites excluding steroid dienone is 5. The summed E-state index contributed by atoms with van der Waals surface area (Å²) in [5, 5.41) is 0. The molecule has 24 heavy (non-hydrogen) atoms. The maximum atomic E-state index is 11.2. The highest BCUT2D eigenvalue weighted by molar-refractivity contribution is 5.83. The maximum Gasteiger partial charge on any atom is 0.335 e. The minimum absolute atomic E-state index is 0.461. The molecule has 0 aliphatic heterocycles. The summed E-state index contributed by atoms with van der Waals surface area (Å²) in [6.45, 7) is 9.13. The smallest absolute Gasteiger partial charge is 0.335 e. The van der Waals surface area contributed by atoms with Gasteiger partial charge in [0.05, 0.1) is 0 Å². The molecule has 0 heterocycles. The van der Waals surface area contributed by atoms with Gasteiger partial charge in [-0.1, -0.05) is 73.9 Å². The van der Waals surface area contributed by atoms with Gasteiger partial charge in [-0.05, 0) is 41.3 Å². The van der Waals surface area contributed by atoms with Crippen LogP contribution in [0.15, 0.2) is 92.1 Å². The fourth-order valence-corrected chi connectivity index (χ4v) is 2.28. The number of hydrogen-bond donors (Lipinski definition) is 0. The predicted octanol–water partition coefficient (Wildman–Crippen LogP) is 5.59. The van der Waals surface area contributed by atoms with E-state index in [0.29, 0.717) is 5.75 Å². The second-order valence-corrected chi connectivity index (χ2v) is 5.08. The molecule has 0 N–H and O–H groups in total.